The summed E-state index contributed by atoms with van der Waals surface area (Å²) in [5, 5.41) is 10.5. The first-order valence-corrected chi connectivity index (χ1v) is 8.91. The van der Waals surface area contributed by atoms with Crippen LogP contribution in [-0.4, -0.2) is 31.2 Å². The second kappa shape index (κ2) is 6.72. The van der Waals surface area contributed by atoms with Gasteiger partial charge in [0.15, 0.2) is 0 Å². The number of aliphatic hydroxyl groups is 1. The minimum atomic E-state index is -3.83. The maximum atomic E-state index is 12.9. The largest absolute Gasteiger partial charge is 0.395 e. The second-order valence-electron chi connectivity index (χ2n) is 5.52. The second-order valence-corrected chi connectivity index (χ2v) is 7.23. The van der Waals surface area contributed by atoms with Gasteiger partial charge in [-0.25, -0.2) is 17.5 Å². The molecule has 0 fully saturated rings. The molecule has 126 valence electrons. The third kappa shape index (κ3) is 3.48. The minimum absolute atomic E-state index is 0.0405. The summed E-state index contributed by atoms with van der Waals surface area (Å²) in [6.45, 7) is -0.347. The number of rotatable bonds is 6. The summed E-state index contributed by atoms with van der Waals surface area (Å²) in [5.74, 6) is -0.508. The summed E-state index contributed by atoms with van der Waals surface area (Å²) < 4.78 is 40.1. The zero-order valence-electron chi connectivity index (χ0n) is 12.7. The van der Waals surface area contributed by atoms with E-state index in [4.69, 9.17) is 0 Å². The molecule has 7 heteroatoms. The van der Waals surface area contributed by atoms with Crippen LogP contribution >= 0.6 is 0 Å². The Labute approximate surface area is 139 Å². The molecule has 1 heterocycles. The highest BCUT2D eigenvalue weighted by atomic mass is 32.2. The summed E-state index contributed by atoms with van der Waals surface area (Å²) in [6.07, 6.45) is 2.14. The molecule has 1 atom stereocenters. The van der Waals surface area contributed by atoms with Gasteiger partial charge in [-0.15, -0.1) is 0 Å². The number of hydrogen-bond donors (Lipinski definition) is 3. The summed E-state index contributed by atoms with van der Waals surface area (Å²) in [6, 6.07) is 11.5. The highest BCUT2D eigenvalue weighted by molar-refractivity contribution is 7.89. The summed E-state index contributed by atoms with van der Waals surface area (Å²) in [7, 11) is -3.83. The van der Waals surface area contributed by atoms with Gasteiger partial charge in [0.05, 0.1) is 11.5 Å². The van der Waals surface area contributed by atoms with E-state index >= 15 is 0 Å². The Morgan fingerprint density at radius 1 is 1.12 bits per heavy atom. The average molecular weight is 348 g/mol. The van der Waals surface area contributed by atoms with Crippen LogP contribution in [0.3, 0.4) is 0 Å². The van der Waals surface area contributed by atoms with Crippen molar-refractivity contribution < 1.29 is 17.9 Å². The van der Waals surface area contributed by atoms with Gasteiger partial charge < -0.3 is 10.1 Å². The number of aromatic amines is 1. The monoisotopic (exact) mass is 348 g/mol. The first-order valence-electron chi connectivity index (χ1n) is 7.43. The van der Waals surface area contributed by atoms with Crippen LogP contribution in [0.5, 0.6) is 0 Å². The van der Waals surface area contributed by atoms with Gasteiger partial charge in [0.25, 0.3) is 0 Å². The molecular formula is C17H17FN2O3S. The molecule has 0 saturated heterocycles. The smallest absolute Gasteiger partial charge is 0.240 e. The fraction of sp³-hybridized carbons (Fsp3) is 0.176. The third-order valence-electron chi connectivity index (χ3n) is 3.81. The zero-order valence-corrected chi connectivity index (χ0v) is 13.6. The molecule has 0 aliphatic heterocycles. The molecular weight excluding hydrogens is 331 g/mol. The Morgan fingerprint density at radius 2 is 1.83 bits per heavy atom. The van der Waals surface area contributed by atoms with E-state index in [1.54, 1.807) is 6.20 Å². The summed E-state index contributed by atoms with van der Waals surface area (Å²) in [5.41, 5.74) is 1.86. The molecule has 2 aromatic carbocycles. The van der Waals surface area contributed by atoms with Crippen LogP contribution in [0.4, 0.5) is 4.39 Å². The van der Waals surface area contributed by atoms with Gasteiger partial charge in [-0.05, 0) is 42.3 Å². The van der Waals surface area contributed by atoms with Crippen molar-refractivity contribution in [1.82, 2.24) is 9.71 Å². The molecule has 3 N–H and O–H groups in total. The molecule has 0 spiro atoms. The molecule has 5 nitrogen and oxygen atoms in total. The van der Waals surface area contributed by atoms with Crippen LogP contribution in [-0.2, 0) is 16.4 Å². The molecule has 0 amide bonds. The predicted molar refractivity (Wildman–Crippen MR) is 89.6 cm³/mol. The zero-order chi connectivity index (χ0) is 17.2. The van der Waals surface area contributed by atoms with E-state index in [0.717, 1.165) is 28.6 Å². The Balaban J connectivity index is 1.80. The average Bonchev–Trinajstić information content (AvgIpc) is 2.97. The lowest BCUT2D eigenvalue weighted by atomic mass is 10.1. The van der Waals surface area contributed by atoms with Crippen molar-refractivity contribution in [2.75, 3.05) is 6.61 Å². The standard InChI is InChI=1S/C17H17FN2O3S/c18-13-5-7-15(8-6-13)24(22,23)20-14(11-21)9-12-10-19-17-4-2-1-3-16(12)17/h1-8,10,14,19-21H,9,11H2/t14-/m0/s1. The van der Waals surface area contributed by atoms with Crippen LogP contribution in [0.1, 0.15) is 5.56 Å². The quantitative estimate of drug-likeness (QED) is 0.639. The van der Waals surface area contributed by atoms with Crippen LogP contribution < -0.4 is 4.72 Å². The Bertz CT molecular complexity index is 936. The first kappa shape index (κ1) is 16.6. The SMILES string of the molecule is O=S(=O)(N[C@H](CO)Cc1c[nH]c2ccccc12)c1ccc(F)cc1. The Hall–Kier alpha value is -2.22. The Kier molecular flexibility index (Phi) is 4.66. The number of aliphatic hydroxyl groups excluding tert-OH is 1. The number of benzene rings is 2. The van der Waals surface area contributed by atoms with Crippen LogP contribution in [0.25, 0.3) is 10.9 Å². The van der Waals surface area contributed by atoms with Gasteiger partial charge in [-0.1, -0.05) is 18.2 Å². The summed E-state index contributed by atoms with van der Waals surface area (Å²) >= 11 is 0. The fourth-order valence-electron chi connectivity index (χ4n) is 2.61. The molecule has 0 radical (unpaired) electrons. The van der Waals surface area contributed by atoms with Crippen molar-refractivity contribution in [3.05, 3.63) is 66.1 Å². The van der Waals surface area contributed by atoms with Crippen molar-refractivity contribution in [3.8, 4) is 0 Å². The van der Waals surface area contributed by atoms with Crippen LogP contribution in [0.15, 0.2) is 59.6 Å². The molecule has 3 aromatic rings. The van der Waals surface area contributed by atoms with Crippen molar-refractivity contribution in [2.24, 2.45) is 0 Å². The maximum absolute atomic E-state index is 12.9. The van der Waals surface area contributed by atoms with Crippen molar-refractivity contribution in [3.63, 3.8) is 0 Å². The van der Waals surface area contributed by atoms with E-state index in [0.29, 0.717) is 6.42 Å². The van der Waals surface area contributed by atoms with Crippen LogP contribution in [0, 0.1) is 5.82 Å². The molecule has 1 aromatic heterocycles. The van der Waals surface area contributed by atoms with E-state index in [1.165, 1.54) is 12.1 Å². The number of nitrogens with one attached hydrogen (secondary N) is 2. The van der Waals surface area contributed by atoms with Gasteiger partial charge in [0.1, 0.15) is 5.82 Å². The predicted octanol–water partition coefficient (Wildman–Crippen LogP) is 2.19. The fourth-order valence-corrected chi connectivity index (χ4v) is 3.84. The maximum Gasteiger partial charge on any atom is 0.240 e. The number of sulfonamides is 1. The number of aromatic nitrogens is 1. The molecule has 0 saturated carbocycles. The number of hydrogen-bond acceptors (Lipinski definition) is 3. The van der Waals surface area contributed by atoms with Crippen LogP contribution in [0.2, 0.25) is 0 Å². The number of halogens is 1. The van der Waals surface area contributed by atoms with Crippen molar-refractivity contribution in [1.29, 1.82) is 0 Å². The van der Waals surface area contributed by atoms with Gasteiger partial charge in [0.2, 0.25) is 10.0 Å². The molecule has 0 bridgehead atoms. The molecule has 24 heavy (non-hydrogen) atoms. The van der Waals surface area contributed by atoms with E-state index in [2.05, 4.69) is 9.71 Å². The lowest BCUT2D eigenvalue weighted by molar-refractivity contribution is 0.256. The van der Waals surface area contributed by atoms with E-state index < -0.39 is 21.9 Å². The lowest BCUT2D eigenvalue weighted by Gasteiger charge is -2.16. The summed E-state index contributed by atoms with van der Waals surface area (Å²) in [4.78, 5) is 3.08. The van der Waals surface area contributed by atoms with Crippen molar-refractivity contribution in [2.45, 2.75) is 17.4 Å². The molecule has 3 rings (SSSR count). The third-order valence-corrected chi connectivity index (χ3v) is 5.34. The van der Waals surface area contributed by atoms with E-state index in [1.807, 2.05) is 24.3 Å². The van der Waals surface area contributed by atoms with E-state index in [-0.39, 0.29) is 11.5 Å². The normalized spacial score (nSPS) is 13.2. The molecule has 0 unspecified atom stereocenters. The highest BCUT2D eigenvalue weighted by Crippen LogP contribution is 2.20. The molecule has 0 aliphatic rings. The van der Waals surface area contributed by atoms with Gasteiger partial charge >= 0.3 is 0 Å². The lowest BCUT2D eigenvalue weighted by Crippen LogP contribution is -2.39. The van der Waals surface area contributed by atoms with Crippen molar-refractivity contribution >= 4 is 20.9 Å². The van der Waals surface area contributed by atoms with Gasteiger partial charge in [-0.3, -0.25) is 0 Å². The topological polar surface area (TPSA) is 82.2 Å². The highest BCUT2D eigenvalue weighted by Gasteiger charge is 2.21. The number of fused-ring (bicyclic) bond motifs is 1. The Morgan fingerprint density at radius 3 is 2.54 bits per heavy atom. The first-order chi connectivity index (χ1) is 11.5. The van der Waals surface area contributed by atoms with Gasteiger partial charge in [-0.2, -0.15) is 0 Å². The number of H-pyrrole nitrogens is 1. The molecule has 0 aliphatic carbocycles. The van der Waals surface area contributed by atoms with Gasteiger partial charge in [0, 0.05) is 23.1 Å². The number of para-hydroxylation sites is 1. The van der Waals surface area contributed by atoms with E-state index in [9.17, 15) is 17.9 Å². The minimum Gasteiger partial charge on any atom is -0.395 e.